The summed E-state index contributed by atoms with van der Waals surface area (Å²) in [5.74, 6) is 1.51. The van der Waals surface area contributed by atoms with Crippen molar-refractivity contribution in [2.75, 3.05) is 20.8 Å². The van der Waals surface area contributed by atoms with Gasteiger partial charge in [-0.05, 0) is 29.8 Å². The van der Waals surface area contributed by atoms with E-state index in [1.54, 1.807) is 26.4 Å². The fourth-order valence-electron chi connectivity index (χ4n) is 2.19. The molecule has 0 bridgehead atoms. The fourth-order valence-corrected chi connectivity index (χ4v) is 2.19. The number of carbonyl (C=O) groups is 1. The van der Waals surface area contributed by atoms with Crippen molar-refractivity contribution in [1.82, 2.24) is 25.5 Å². The molecule has 0 saturated carbocycles. The summed E-state index contributed by atoms with van der Waals surface area (Å²) >= 11 is 0. The zero-order valence-electron chi connectivity index (χ0n) is 14.3. The van der Waals surface area contributed by atoms with Gasteiger partial charge in [0.15, 0.2) is 11.5 Å². The van der Waals surface area contributed by atoms with Gasteiger partial charge in [0.1, 0.15) is 6.54 Å². The fraction of sp³-hybridized carbons (Fsp3) is 0.500. The third kappa shape index (κ3) is 4.68. The monoisotopic (exact) mass is 333 g/mol. The van der Waals surface area contributed by atoms with Gasteiger partial charge in [-0.2, -0.15) is 4.80 Å². The van der Waals surface area contributed by atoms with Gasteiger partial charge in [-0.1, -0.05) is 19.8 Å². The van der Waals surface area contributed by atoms with Gasteiger partial charge in [-0.25, -0.2) is 0 Å². The highest BCUT2D eigenvalue weighted by atomic mass is 16.5. The van der Waals surface area contributed by atoms with E-state index in [1.165, 1.54) is 4.80 Å². The maximum Gasteiger partial charge on any atom is 0.243 e. The Morgan fingerprint density at radius 1 is 1.21 bits per heavy atom. The third-order valence-electron chi connectivity index (χ3n) is 3.48. The van der Waals surface area contributed by atoms with Gasteiger partial charge in [-0.15, -0.1) is 10.2 Å². The maximum absolute atomic E-state index is 11.8. The molecule has 1 N–H and O–H groups in total. The molecular formula is C16H23N5O3. The Kier molecular flexibility index (Phi) is 6.53. The first-order valence-electron chi connectivity index (χ1n) is 7.94. The maximum atomic E-state index is 11.8. The van der Waals surface area contributed by atoms with Gasteiger partial charge in [0, 0.05) is 12.1 Å². The molecule has 1 aromatic carbocycles. The standard InChI is InChI=1S/C16H23N5O3/c1-4-5-6-9-17-15(22)11-21-19-16(18-20-21)12-7-8-13(23-2)14(10-12)24-3/h7-8,10H,4-6,9,11H2,1-3H3,(H,17,22). The lowest BCUT2D eigenvalue weighted by molar-refractivity contribution is -0.122. The van der Waals surface area contributed by atoms with Crippen molar-refractivity contribution >= 4 is 5.91 Å². The number of hydrogen-bond donors (Lipinski definition) is 1. The molecule has 0 aliphatic heterocycles. The zero-order chi connectivity index (χ0) is 17.4. The molecule has 0 unspecified atom stereocenters. The molecule has 8 nitrogen and oxygen atoms in total. The summed E-state index contributed by atoms with van der Waals surface area (Å²) in [4.78, 5) is 13.1. The minimum Gasteiger partial charge on any atom is -0.493 e. The molecule has 2 aromatic rings. The van der Waals surface area contributed by atoms with E-state index in [-0.39, 0.29) is 12.5 Å². The van der Waals surface area contributed by atoms with Crippen LogP contribution in [0.2, 0.25) is 0 Å². The van der Waals surface area contributed by atoms with Crippen molar-refractivity contribution in [3.8, 4) is 22.9 Å². The molecular weight excluding hydrogens is 310 g/mol. The average Bonchev–Trinajstić information content (AvgIpc) is 3.06. The zero-order valence-corrected chi connectivity index (χ0v) is 14.3. The minimum absolute atomic E-state index is 0.0480. The molecule has 0 aliphatic carbocycles. The van der Waals surface area contributed by atoms with Gasteiger partial charge in [0.2, 0.25) is 11.7 Å². The van der Waals surface area contributed by atoms with Gasteiger partial charge in [0.05, 0.1) is 14.2 Å². The summed E-state index contributed by atoms with van der Waals surface area (Å²) in [5, 5.41) is 15.0. The van der Waals surface area contributed by atoms with E-state index >= 15 is 0 Å². The van der Waals surface area contributed by atoms with Crippen LogP contribution in [0.15, 0.2) is 18.2 Å². The van der Waals surface area contributed by atoms with E-state index in [4.69, 9.17) is 9.47 Å². The summed E-state index contributed by atoms with van der Waals surface area (Å²) in [5.41, 5.74) is 0.738. The molecule has 0 spiro atoms. The number of amides is 1. The normalized spacial score (nSPS) is 10.5. The van der Waals surface area contributed by atoms with E-state index < -0.39 is 0 Å². The van der Waals surface area contributed by atoms with Crippen LogP contribution < -0.4 is 14.8 Å². The second kappa shape index (κ2) is 8.85. The third-order valence-corrected chi connectivity index (χ3v) is 3.48. The lowest BCUT2D eigenvalue weighted by atomic mass is 10.2. The Bertz CT molecular complexity index is 671. The molecule has 0 radical (unpaired) electrons. The van der Waals surface area contributed by atoms with Gasteiger partial charge < -0.3 is 14.8 Å². The number of benzene rings is 1. The van der Waals surface area contributed by atoms with Crippen LogP contribution in [0.3, 0.4) is 0 Å². The molecule has 24 heavy (non-hydrogen) atoms. The number of tetrazole rings is 1. The van der Waals surface area contributed by atoms with Crippen LogP contribution in [-0.4, -0.2) is 46.9 Å². The molecule has 0 fully saturated rings. The van der Waals surface area contributed by atoms with Gasteiger partial charge >= 0.3 is 0 Å². The van der Waals surface area contributed by atoms with Crippen LogP contribution in [-0.2, 0) is 11.3 Å². The van der Waals surface area contributed by atoms with Crippen molar-refractivity contribution in [2.24, 2.45) is 0 Å². The van der Waals surface area contributed by atoms with Crippen LogP contribution >= 0.6 is 0 Å². The number of rotatable bonds is 9. The number of methoxy groups -OCH3 is 2. The van der Waals surface area contributed by atoms with Crippen molar-refractivity contribution in [3.63, 3.8) is 0 Å². The molecule has 0 saturated heterocycles. The Labute approximate surface area is 141 Å². The molecule has 1 amide bonds. The summed E-state index contributed by atoms with van der Waals surface area (Å²) in [7, 11) is 3.14. The molecule has 0 atom stereocenters. The smallest absolute Gasteiger partial charge is 0.243 e. The number of hydrogen-bond acceptors (Lipinski definition) is 6. The Morgan fingerprint density at radius 2 is 2.00 bits per heavy atom. The van der Waals surface area contributed by atoms with E-state index in [0.717, 1.165) is 24.8 Å². The quantitative estimate of drug-likeness (QED) is 0.702. The Morgan fingerprint density at radius 3 is 2.71 bits per heavy atom. The van der Waals surface area contributed by atoms with Crippen molar-refractivity contribution in [2.45, 2.75) is 32.7 Å². The van der Waals surface area contributed by atoms with E-state index in [0.29, 0.717) is 23.9 Å². The molecule has 1 heterocycles. The lowest BCUT2D eigenvalue weighted by Gasteiger charge is -2.07. The van der Waals surface area contributed by atoms with Crippen molar-refractivity contribution < 1.29 is 14.3 Å². The Hall–Kier alpha value is -2.64. The highest BCUT2D eigenvalue weighted by Gasteiger charge is 2.12. The topological polar surface area (TPSA) is 91.2 Å². The van der Waals surface area contributed by atoms with Crippen molar-refractivity contribution in [3.05, 3.63) is 18.2 Å². The Balaban J connectivity index is 1.99. The number of nitrogens with one attached hydrogen (secondary N) is 1. The highest BCUT2D eigenvalue weighted by Crippen LogP contribution is 2.30. The number of aromatic nitrogens is 4. The second-order valence-corrected chi connectivity index (χ2v) is 5.27. The first-order valence-corrected chi connectivity index (χ1v) is 7.94. The molecule has 2 rings (SSSR count). The molecule has 0 aliphatic rings. The highest BCUT2D eigenvalue weighted by molar-refractivity contribution is 5.75. The number of nitrogens with zero attached hydrogens (tertiary/aromatic N) is 4. The van der Waals surface area contributed by atoms with E-state index in [1.807, 2.05) is 6.07 Å². The summed E-state index contributed by atoms with van der Waals surface area (Å²) in [6.07, 6.45) is 3.20. The first kappa shape index (κ1) is 17.7. The van der Waals surface area contributed by atoms with Crippen LogP contribution in [0.1, 0.15) is 26.2 Å². The first-order chi connectivity index (χ1) is 11.7. The summed E-state index contributed by atoms with van der Waals surface area (Å²) < 4.78 is 10.5. The van der Waals surface area contributed by atoms with Crippen LogP contribution in [0.5, 0.6) is 11.5 Å². The molecule has 8 heteroatoms. The van der Waals surface area contributed by atoms with Gasteiger partial charge in [-0.3, -0.25) is 4.79 Å². The van der Waals surface area contributed by atoms with Crippen molar-refractivity contribution in [1.29, 1.82) is 0 Å². The summed E-state index contributed by atoms with van der Waals surface area (Å²) in [6, 6.07) is 5.35. The van der Waals surface area contributed by atoms with Crippen LogP contribution in [0.4, 0.5) is 0 Å². The second-order valence-electron chi connectivity index (χ2n) is 5.27. The van der Waals surface area contributed by atoms with Crippen LogP contribution in [0, 0.1) is 0 Å². The SMILES string of the molecule is CCCCCNC(=O)Cn1nnc(-c2ccc(OC)c(OC)c2)n1. The van der Waals surface area contributed by atoms with E-state index in [9.17, 15) is 4.79 Å². The summed E-state index contributed by atoms with van der Waals surface area (Å²) in [6.45, 7) is 2.84. The lowest BCUT2D eigenvalue weighted by Crippen LogP contribution is -2.29. The predicted octanol–water partition coefficient (Wildman–Crippen LogP) is 1.66. The number of unbranched alkanes of at least 4 members (excludes halogenated alkanes) is 2. The number of carbonyl (C=O) groups excluding carboxylic acids is 1. The van der Waals surface area contributed by atoms with Crippen LogP contribution in [0.25, 0.3) is 11.4 Å². The number of ether oxygens (including phenoxy) is 2. The average molecular weight is 333 g/mol. The molecule has 130 valence electrons. The van der Waals surface area contributed by atoms with E-state index in [2.05, 4.69) is 27.7 Å². The molecule has 1 aromatic heterocycles. The van der Waals surface area contributed by atoms with Gasteiger partial charge in [0.25, 0.3) is 0 Å². The predicted molar refractivity (Wildman–Crippen MR) is 88.9 cm³/mol. The minimum atomic E-state index is -0.123. The largest absolute Gasteiger partial charge is 0.493 e.